The molecule has 0 fully saturated rings. The summed E-state index contributed by atoms with van der Waals surface area (Å²) in [5.74, 6) is -0.505. The molecular weight excluding hydrogens is 250 g/mol. The monoisotopic (exact) mass is 267 g/mol. The first kappa shape index (κ1) is 13.1. The minimum absolute atomic E-state index is 0.156. The molecule has 2 rings (SSSR count). The fraction of sp³-hybridized carbons (Fsp3) is 0.538. The molecule has 0 atom stereocenters. The molecule has 0 radical (unpaired) electrons. The molecule has 0 aliphatic heterocycles. The number of hydrogen-bond donors (Lipinski definition) is 1. The zero-order valence-corrected chi connectivity index (χ0v) is 11.5. The minimum Gasteiger partial charge on any atom is -0.465 e. The van der Waals surface area contributed by atoms with Crippen molar-refractivity contribution in [3.05, 3.63) is 16.0 Å². The second-order valence-corrected chi connectivity index (χ2v) is 5.55. The number of hydrogen-bond acceptors (Lipinski definition) is 4. The summed E-state index contributed by atoms with van der Waals surface area (Å²) in [4.78, 5) is 24.3. The number of thiophene rings is 1. The number of carbonyl (C=O) groups is 2. The summed E-state index contributed by atoms with van der Waals surface area (Å²) in [6.45, 7) is 1.45. The zero-order valence-electron chi connectivity index (χ0n) is 10.7. The van der Waals surface area contributed by atoms with Gasteiger partial charge in [-0.15, -0.1) is 11.3 Å². The van der Waals surface area contributed by atoms with Crippen LogP contribution in [0.5, 0.6) is 0 Å². The SMILES string of the molecule is COC(=O)c1c(NC(C)=O)sc2c1CCCCC2. The van der Waals surface area contributed by atoms with Crippen molar-refractivity contribution in [2.45, 2.75) is 39.0 Å². The van der Waals surface area contributed by atoms with Gasteiger partial charge in [-0.05, 0) is 31.2 Å². The summed E-state index contributed by atoms with van der Waals surface area (Å²) >= 11 is 1.51. The molecule has 5 heteroatoms. The third-order valence-electron chi connectivity index (χ3n) is 3.10. The van der Waals surface area contributed by atoms with E-state index in [1.54, 1.807) is 0 Å². The Labute approximate surface area is 110 Å². The summed E-state index contributed by atoms with van der Waals surface area (Å²) in [5, 5.41) is 3.39. The Morgan fingerprint density at radius 2 is 1.94 bits per heavy atom. The van der Waals surface area contributed by atoms with Gasteiger partial charge in [-0.25, -0.2) is 4.79 Å². The molecule has 18 heavy (non-hydrogen) atoms. The molecule has 1 N–H and O–H groups in total. The fourth-order valence-corrected chi connectivity index (χ4v) is 3.63. The highest BCUT2D eigenvalue weighted by atomic mass is 32.1. The summed E-state index contributed by atoms with van der Waals surface area (Å²) < 4.78 is 4.84. The van der Waals surface area contributed by atoms with Gasteiger partial charge in [0.1, 0.15) is 5.00 Å². The van der Waals surface area contributed by atoms with E-state index >= 15 is 0 Å². The lowest BCUT2D eigenvalue weighted by atomic mass is 10.1. The lowest BCUT2D eigenvalue weighted by Gasteiger charge is -2.05. The van der Waals surface area contributed by atoms with Gasteiger partial charge >= 0.3 is 5.97 Å². The van der Waals surface area contributed by atoms with E-state index < -0.39 is 0 Å². The van der Waals surface area contributed by atoms with Crippen molar-refractivity contribution >= 4 is 28.2 Å². The van der Waals surface area contributed by atoms with Gasteiger partial charge < -0.3 is 10.1 Å². The normalized spacial score (nSPS) is 14.6. The van der Waals surface area contributed by atoms with Gasteiger partial charge in [-0.3, -0.25) is 4.79 Å². The first-order valence-electron chi connectivity index (χ1n) is 6.14. The Kier molecular flexibility index (Phi) is 4.01. The molecule has 0 saturated carbocycles. The number of anilines is 1. The van der Waals surface area contributed by atoms with Crippen molar-refractivity contribution in [1.29, 1.82) is 0 Å². The Balaban J connectivity index is 2.46. The molecule has 0 unspecified atom stereocenters. The molecule has 1 aliphatic carbocycles. The molecule has 0 saturated heterocycles. The maximum atomic E-state index is 11.9. The molecule has 0 aromatic carbocycles. The standard InChI is InChI=1S/C13H17NO3S/c1-8(15)14-12-11(13(16)17-2)9-6-4-3-5-7-10(9)18-12/h3-7H2,1-2H3,(H,14,15). The van der Waals surface area contributed by atoms with Crippen LogP contribution < -0.4 is 5.32 Å². The van der Waals surface area contributed by atoms with E-state index in [0.717, 1.165) is 31.2 Å². The highest BCUT2D eigenvalue weighted by Gasteiger charge is 2.25. The molecular formula is C13H17NO3S. The van der Waals surface area contributed by atoms with Gasteiger partial charge in [0.2, 0.25) is 5.91 Å². The van der Waals surface area contributed by atoms with Crippen LogP contribution in [0.2, 0.25) is 0 Å². The fourth-order valence-electron chi connectivity index (χ4n) is 2.31. The molecule has 1 heterocycles. The van der Waals surface area contributed by atoms with Crippen LogP contribution in [-0.2, 0) is 22.4 Å². The molecule has 98 valence electrons. The van der Waals surface area contributed by atoms with Crippen LogP contribution >= 0.6 is 11.3 Å². The second-order valence-electron chi connectivity index (χ2n) is 4.44. The van der Waals surface area contributed by atoms with Crippen LogP contribution in [0.1, 0.15) is 47.0 Å². The highest BCUT2D eigenvalue weighted by molar-refractivity contribution is 7.17. The van der Waals surface area contributed by atoms with Gasteiger partial charge in [0, 0.05) is 11.8 Å². The van der Waals surface area contributed by atoms with Gasteiger partial charge in [-0.1, -0.05) is 6.42 Å². The summed E-state index contributed by atoms with van der Waals surface area (Å²) in [5.41, 5.74) is 1.64. The van der Waals surface area contributed by atoms with E-state index in [0.29, 0.717) is 10.6 Å². The number of ether oxygens (including phenoxy) is 1. The Bertz CT molecular complexity index is 479. The quantitative estimate of drug-likeness (QED) is 0.662. The van der Waals surface area contributed by atoms with E-state index in [4.69, 9.17) is 4.74 Å². The topological polar surface area (TPSA) is 55.4 Å². The average Bonchev–Trinajstić information content (AvgIpc) is 2.50. The van der Waals surface area contributed by atoms with Crippen LogP contribution in [0.3, 0.4) is 0 Å². The van der Waals surface area contributed by atoms with E-state index in [-0.39, 0.29) is 11.9 Å². The van der Waals surface area contributed by atoms with Gasteiger partial charge in [0.15, 0.2) is 0 Å². The largest absolute Gasteiger partial charge is 0.465 e. The minimum atomic E-state index is -0.349. The Morgan fingerprint density at radius 1 is 1.22 bits per heavy atom. The highest BCUT2D eigenvalue weighted by Crippen LogP contribution is 2.37. The Morgan fingerprint density at radius 3 is 2.61 bits per heavy atom. The molecule has 0 bridgehead atoms. The maximum Gasteiger partial charge on any atom is 0.341 e. The summed E-state index contributed by atoms with van der Waals surface area (Å²) in [6, 6.07) is 0. The van der Waals surface area contributed by atoms with Crippen molar-refractivity contribution in [1.82, 2.24) is 0 Å². The third-order valence-corrected chi connectivity index (χ3v) is 4.31. The van der Waals surface area contributed by atoms with Gasteiger partial charge in [0.25, 0.3) is 0 Å². The lowest BCUT2D eigenvalue weighted by molar-refractivity contribution is -0.114. The number of esters is 1. The summed E-state index contributed by atoms with van der Waals surface area (Å²) in [7, 11) is 1.38. The van der Waals surface area contributed by atoms with Crippen LogP contribution in [0.25, 0.3) is 0 Å². The molecule has 1 amide bonds. The molecule has 1 aromatic rings. The molecule has 1 aromatic heterocycles. The van der Waals surface area contributed by atoms with Crippen molar-refractivity contribution in [2.24, 2.45) is 0 Å². The third kappa shape index (κ3) is 2.56. The van der Waals surface area contributed by atoms with Crippen LogP contribution in [0.4, 0.5) is 5.00 Å². The number of fused-ring (bicyclic) bond motifs is 1. The first-order chi connectivity index (χ1) is 8.63. The molecule has 0 spiro atoms. The smallest absolute Gasteiger partial charge is 0.341 e. The molecule has 1 aliphatic rings. The number of aryl methyl sites for hydroxylation is 1. The lowest BCUT2D eigenvalue weighted by Crippen LogP contribution is -2.11. The van der Waals surface area contributed by atoms with E-state index in [1.165, 1.54) is 36.7 Å². The van der Waals surface area contributed by atoms with E-state index in [2.05, 4.69) is 5.32 Å². The maximum absolute atomic E-state index is 11.9. The average molecular weight is 267 g/mol. The first-order valence-corrected chi connectivity index (χ1v) is 6.95. The second kappa shape index (κ2) is 5.52. The predicted molar refractivity (Wildman–Crippen MR) is 71.2 cm³/mol. The van der Waals surface area contributed by atoms with E-state index in [1.807, 2.05) is 0 Å². The van der Waals surface area contributed by atoms with Crippen LogP contribution in [0, 0.1) is 0 Å². The Hall–Kier alpha value is -1.36. The number of amides is 1. The van der Waals surface area contributed by atoms with Crippen molar-refractivity contribution in [2.75, 3.05) is 12.4 Å². The number of carbonyl (C=O) groups excluding carboxylic acids is 2. The molecule has 4 nitrogen and oxygen atoms in total. The summed E-state index contributed by atoms with van der Waals surface area (Å²) in [6.07, 6.45) is 5.32. The zero-order chi connectivity index (χ0) is 13.1. The van der Waals surface area contributed by atoms with Crippen LogP contribution in [-0.4, -0.2) is 19.0 Å². The number of rotatable bonds is 2. The van der Waals surface area contributed by atoms with Crippen molar-refractivity contribution < 1.29 is 14.3 Å². The van der Waals surface area contributed by atoms with Crippen molar-refractivity contribution in [3.63, 3.8) is 0 Å². The van der Waals surface area contributed by atoms with Crippen molar-refractivity contribution in [3.8, 4) is 0 Å². The number of methoxy groups -OCH3 is 1. The van der Waals surface area contributed by atoms with E-state index in [9.17, 15) is 9.59 Å². The van der Waals surface area contributed by atoms with Gasteiger partial charge in [0.05, 0.1) is 12.7 Å². The van der Waals surface area contributed by atoms with Crippen LogP contribution in [0.15, 0.2) is 0 Å². The van der Waals surface area contributed by atoms with Gasteiger partial charge in [-0.2, -0.15) is 0 Å². The number of nitrogens with one attached hydrogen (secondary N) is 1. The predicted octanol–water partition coefficient (Wildman–Crippen LogP) is 2.76.